The van der Waals surface area contributed by atoms with Crippen molar-refractivity contribution in [2.24, 2.45) is 10.9 Å². The van der Waals surface area contributed by atoms with Crippen LogP contribution in [-0.4, -0.2) is 76.1 Å². The van der Waals surface area contributed by atoms with E-state index in [2.05, 4.69) is 48.2 Å². The van der Waals surface area contributed by atoms with Crippen molar-refractivity contribution in [1.82, 2.24) is 15.5 Å². The van der Waals surface area contributed by atoms with Crippen molar-refractivity contribution in [1.29, 1.82) is 0 Å². The average Bonchev–Trinajstić information content (AvgIpc) is 2.84. The summed E-state index contributed by atoms with van der Waals surface area (Å²) in [6, 6.07) is 1.05. The van der Waals surface area contributed by atoms with Gasteiger partial charge in [-0.1, -0.05) is 6.92 Å². The lowest BCUT2D eigenvalue weighted by Gasteiger charge is -2.21. The largest absolute Gasteiger partial charge is 0.382 e. The molecule has 0 aromatic heterocycles. The molecule has 1 saturated heterocycles. The van der Waals surface area contributed by atoms with E-state index in [1.807, 2.05) is 0 Å². The molecular weight excluding hydrogens is 407 g/mol. The first-order valence-electron chi connectivity index (χ1n) is 8.44. The molecule has 7 heteroatoms. The number of guanidine groups is 1. The van der Waals surface area contributed by atoms with Gasteiger partial charge in [0.15, 0.2) is 5.96 Å². The van der Waals surface area contributed by atoms with Crippen LogP contribution < -0.4 is 10.6 Å². The number of likely N-dealkylation sites (tertiary alicyclic amines) is 1. The summed E-state index contributed by atoms with van der Waals surface area (Å²) < 4.78 is 10.4. The molecule has 0 spiro atoms. The minimum atomic E-state index is 0. The molecule has 0 aromatic carbocycles. The highest BCUT2D eigenvalue weighted by Crippen LogP contribution is 2.18. The maximum Gasteiger partial charge on any atom is 0.191 e. The fourth-order valence-corrected chi connectivity index (χ4v) is 2.58. The molecule has 6 nitrogen and oxygen atoms in total. The van der Waals surface area contributed by atoms with E-state index in [1.165, 1.54) is 0 Å². The predicted molar refractivity (Wildman–Crippen MR) is 107 cm³/mol. The fraction of sp³-hybridized carbons (Fsp3) is 0.938. The highest BCUT2D eigenvalue weighted by Gasteiger charge is 2.31. The van der Waals surface area contributed by atoms with Gasteiger partial charge in [-0.2, -0.15) is 0 Å². The lowest BCUT2D eigenvalue weighted by atomic mass is 10.1. The molecule has 2 unspecified atom stereocenters. The second kappa shape index (κ2) is 13.2. The Bertz CT molecular complexity index is 329. The average molecular weight is 442 g/mol. The van der Waals surface area contributed by atoms with Crippen molar-refractivity contribution in [3.63, 3.8) is 0 Å². The van der Waals surface area contributed by atoms with Crippen LogP contribution >= 0.6 is 24.0 Å². The lowest BCUT2D eigenvalue weighted by Crippen LogP contribution is -2.47. The van der Waals surface area contributed by atoms with Crippen LogP contribution in [0.4, 0.5) is 0 Å². The third kappa shape index (κ3) is 9.07. The normalized spacial score (nSPS) is 22.3. The molecule has 0 bridgehead atoms. The van der Waals surface area contributed by atoms with Crippen molar-refractivity contribution in [2.45, 2.75) is 39.8 Å². The van der Waals surface area contributed by atoms with E-state index in [0.717, 1.165) is 25.6 Å². The fourth-order valence-electron chi connectivity index (χ4n) is 2.58. The van der Waals surface area contributed by atoms with Crippen LogP contribution in [0, 0.1) is 5.92 Å². The van der Waals surface area contributed by atoms with E-state index in [1.54, 1.807) is 7.11 Å². The van der Waals surface area contributed by atoms with E-state index >= 15 is 0 Å². The Balaban J connectivity index is 0.00000484. The van der Waals surface area contributed by atoms with Gasteiger partial charge in [0.1, 0.15) is 0 Å². The minimum absolute atomic E-state index is 0. The van der Waals surface area contributed by atoms with Gasteiger partial charge in [-0.25, -0.2) is 0 Å². The molecule has 0 aliphatic carbocycles. The maximum absolute atomic E-state index is 5.45. The van der Waals surface area contributed by atoms with Crippen molar-refractivity contribution in [3.8, 4) is 0 Å². The SMILES string of the molecule is CCNC(=NCCOCCOC)NC1CN(C(C)C)CC1C.I. The number of ether oxygens (including phenoxy) is 2. The highest BCUT2D eigenvalue weighted by atomic mass is 127. The summed E-state index contributed by atoms with van der Waals surface area (Å²) in [5.41, 5.74) is 0. The maximum atomic E-state index is 5.45. The number of halogens is 1. The smallest absolute Gasteiger partial charge is 0.191 e. The van der Waals surface area contributed by atoms with E-state index in [-0.39, 0.29) is 24.0 Å². The molecule has 1 heterocycles. The Kier molecular flexibility index (Phi) is 13.1. The molecular formula is C16H35IN4O2. The highest BCUT2D eigenvalue weighted by molar-refractivity contribution is 14.0. The summed E-state index contributed by atoms with van der Waals surface area (Å²) >= 11 is 0. The van der Waals surface area contributed by atoms with Crippen LogP contribution in [0.1, 0.15) is 27.7 Å². The second-order valence-electron chi connectivity index (χ2n) is 6.14. The lowest BCUT2D eigenvalue weighted by molar-refractivity contribution is 0.0748. The van der Waals surface area contributed by atoms with Gasteiger partial charge < -0.3 is 20.1 Å². The van der Waals surface area contributed by atoms with Gasteiger partial charge in [-0.05, 0) is 26.7 Å². The van der Waals surface area contributed by atoms with E-state index in [9.17, 15) is 0 Å². The van der Waals surface area contributed by atoms with Crippen LogP contribution in [0.15, 0.2) is 4.99 Å². The molecule has 0 radical (unpaired) electrons. The van der Waals surface area contributed by atoms with Gasteiger partial charge in [-0.15, -0.1) is 24.0 Å². The first-order chi connectivity index (χ1) is 10.6. The van der Waals surface area contributed by atoms with Gasteiger partial charge in [0.2, 0.25) is 0 Å². The Labute approximate surface area is 158 Å². The molecule has 23 heavy (non-hydrogen) atoms. The van der Waals surface area contributed by atoms with Gasteiger partial charge in [0, 0.05) is 38.8 Å². The van der Waals surface area contributed by atoms with Crippen LogP contribution in [0.2, 0.25) is 0 Å². The Morgan fingerprint density at radius 2 is 2.00 bits per heavy atom. The summed E-state index contributed by atoms with van der Waals surface area (Å²) in [5.74, 6) is 1.52. The number of nitrogens with zero attached hydrogens (tertiary/aromatic N) is 2. The van der Waals surface area contributed by atoms with Gasteiger partial charge >= 0.3 is 0 Å². The zero-order valence-electron chi connectivity index (χ0n) is 15.3. The summed E-state index contributed by atoms with van der Waals surface area (Å²) in [6.07, 6.45) is 0. The second-order valence-corrected chi connectivity index (χ2v) is 6.14. The Morgan fingerprint density at radius 1 is 1.26 bits per heavy atom. The molecule has 0 saturated carbocycles. The van der Waals surface area contributed by atoms with Gasteiger partial charge in [-0.3, -0.25) is 9.89 Å². The first kappa shape index (κ1) is 22.9. The van der Waals surface area contributed by atoms with Crippen LogP contribution in [0.3, 0.4) is 0 Å². The van der Waals surface area contributed by atoms with E-state index in [0.29, 0.717) is 44.4 Å². The first-order valence-corrected chi connectivity index (χ1v) is 8.44. The predicted octanol–water partition coefficient (Wildman–Crippen LogP) is 1.55. The zero-order chi connectivity index (χ0) is 16.4. The molecule has 138 valence electrons. The van der Waals surface area contributed by atoms with Crippen molar-refractivity contribution >= 4 is 29.9 Å². The molecule has 1 fully saturated rings. The molecule has 1 aliphatic rings. The van der Waals surface area contributed by atoms with Crippen molar-refractivity contribution < 1.29 is 9.47 Å². The van der Waals surface area contributed by atoms with Gasteiger partial charge in [0.25, 0.3) is 0 Å². The molecule has 2 atom stereocenters. The van der Waals surface area contributed by atoms with E-state index < -0.39 is 0 Å². The molecule has 2 N–H and O–H groups in total. The van der Waals surface area contributed by atoms with E-state index in [4.69, 9.17) is 9.47 Å². The summed E-state index contributed by atoms with van der Waals surface area (Å²) in [6.45, 7) is 14.5. The van der Waals surface area contributed by atoms with Crippen molar-refractivity contribution in [3.05, 3.63) is 0 Å². The third-order valence-electron chi connectivity index (χ3n) is 3.97. The molecule has 1 aliphatic heterocycles. The molecule has 1 rings (SSSR count). The minimum Gasteiger partial charge on any atom is -0.382 e. The summed E-state index contributed by atoms with van der Waals surface area (Å²) in [5, 5.41) is 6.89. The zero-order valence-corrected chi connectivity index (χ0v) is 17.6. The number of rotatable bonds is 9. The number of aliphatic imine (C=N–C) groups is 1. The summed E-state index contributed by atoms with van der Waals surface area (Å²) in [7, 11) is 1.68. The Hall–Kier alpha value is -0.120. The molecule has 0 aromatic rings. The molecule has 0 amide bonds. The quantitative estimate of drug-likeness (QED) is 0.246. The van der Waals surface area contributed by atoms with Gasteiger partial charge in [0.05, 0.1) is 26.4 Å². The monoisotopic (exact) mass is 442 g/mol. The van der Waals surface area contributed by atoms with Crippen molar-refractivity contribution in [2.75, 3.05) is 53.1 Å². The number of methoxy groups -OCH3 is 1. The van der Waals surface area contributed by atoms with Crippen LogP contribution in [-0.2, 0) is 9.47 Å². The standard InChI is InChI=1S/C16H34N4O2.HI/c1-6-17-16(18-7-8-22-10-9-21-5)19-15-12-20(13(2)3)11-14(15)4;/h13-15H,6-12H2,1-5H3,(H2,17,18,19);1H. The Morgan fingerprint density at radius 3 is 2.57 bits per heavy atom. The number of hydrogen-bond acceptors (Lipinski definition) is 4. The number of nitrogens with one attached hydrogen (secondary N) is 2. The van der Waals surface area contributed by atoms with Crippen LogP contribution in [0.5, 0.6) is 0 Å². The van der Waals surface area contributed by atoms with Crippen LogP contribution in [0.25, 0.3) is 0 Å². The summed E-state index contributed by atoms with van der Waals surface area (Å²) in [4.78, 5) is 7.10. The topological polar surface area (TPSA) is 58.1 Å². The third-order valence-corrected chi connectivity index (χ3v) is 3.97. The number of hydrogen-bond donors (Lipinski definition) is 2.